The maximum absolute atomic E-state index is 5.49. The minimum Gasteiger partial charge on any atom is -0.477 e. The van der Waals surface area contributed by atoms with Gasteiger partial charge < -0.3 is 10.1 Å². The molecular formula is C12H21N3O. The Morgan fingerprint density at radius 1 is 1.38 bits per heavy atom. The van der Waals surface area contributed by atoms with Crippen LogP contribution in [0.1, 0.15) is 39.3 Å². The van der Waals surface area contributed by atoms with Crippen molar-refractivity contribution in [2.75, 3.05) is 6.61 Å². The predicted octanol–water partition coefficient (Wildman–Crippen LogP) is 2.15. The molecule has 0 radical (unpaired) electrons. The molecule has 1 rings (SSSR count). The average molecular weight is 223 g/mol. The molecule has 0 aliphatic heterocycles. The normalized spacial score (nSPS) is 10.8. The third-order valence-electron chi connectivity index (χ3n) is 2.10. The van der Waals surface area contributed by atoms with Crippen LogP contribution in [-0.4, -0.2) is 22.6 Å². The predicted molar refractivity (Wildman–Crippen MR) is 64.4 cm³/mol. The van der Waals surface area contributed by atoms with Gasteiger partial charge in [0, 0.05) is 18.8 Å². The highest BCUT2D eigenvalue weighted by atomic mass is 16.5. The van der Waals surface area contributed by atoms with Gasteiger partial charge in [-0.05, 0) is 6.42 Å². The lowest BCUT2D eigenvalue weighted by Crippen LogP contribution is -2.22. The monoisotopic (exact) mass is 223 g/mol. The highest BCUT2D eigenvalue weighted by Gasteiger charge is 2.00. The summed E-state index contributed by atoms with van der Waals surface area (Å²) in [7, 11) is 0. The Morgan fingerprint density at radius 3 is 2.88 bits per heavy atom. The lowest BCUT2D eigenvalue weighted by Gasteiger charge is -2.08. The molecule has 0 aliphatic carbocycles. The van der Waals surface area contributed by atoms with E-state index in [9.17, 15) is 0 Å². The molecule has 0 aliphatic rings. The summed E-state index contributed by atoms with van der Waals surface area (Å²) >= 11 is 0. The minimum atomic E-state index is 0.450. The molecule has 0 fully saturated rings. The fourth-order valence-corrected chi connectivity index (χ4v) is 1.17. The Kier molecular flexibility index (Phi) is 5.78. The van der Waals surface area contributed by atoms with E-state index in [0.29, 0.717) is 18.5 Å². The van der Waals surface area contributed by atoms with Crippen molar-refractivity contribution in [3.05, 3.63) is 18.1 Å². The van der Waals surface area contributed by atoms with Gasteiger partial charge in [0.1, 0.15) is 0 Å². The van der Waals surface area contributed by atoms with Crippen molar-refractivity contribution in [1.29, 1.82) is 0 Å². The van der Waals surface area contributed by atoms with Crippen LogP contribution in [0.4, 0.5) is 0 Å². The second-order valence-electron chi connectivity index (χ2n) is 4.09. The molecule has 90 valence electrons. The zero-order chi connectivity index (χ0) is 11.8. The number of hydrogen-bond acceptors (Lipinski definition) is 4. The molecule has 0 atom stereocenters. The molecule has 1 aromatic rings. The summed E-state index contributed by atoms with van der Waals surface area (Å²) in [5.74, 6) is 0.622. The van der Waals surface area contributed by atoms with Gasteiger partial charge in [0.05, 0.1) is 18.5 Å². The molecule has 4 heteroatoms. The summed E-state index contributed by atoms with van der Waals surface area (Å²) < 4.78 is 5.49. The summed E-state index contributed by atoms with van der Waals surface area (Å²) in [5.41, 5.74) is 0.919. The van der Waals surface area contributed by atoms with E-state index in [1.807, 2.05) is 0 Å². The quantitative estimate of drug-likeness (QED) is 0.719. The van der Waals surface area contributed by atoms with Crippen molar-refractivity contribution in [3.63, 3.8) is 0 Å². The van der Waals surface area contributed by atoms with Crippen LogP contribution >= 0.6 is 0 Å². The molecular weight excluding hydrogens is 202 g/mol. The molecule has 1 N–H and O–H groups in total. The average Bonchev–Trinajstić information content (AvgIpc) is 2.27. The molecule has 0 amide bonds. The van der Waals surface area contributed by atoms with Gasteiger partial charge in [-0.25, -0.2) is 4.98 Å². The second kappa shape index (κ2) is 7.17. The third-order valence-corrected chi connectivity index (χ3v) is 2.10. The van der Waals surface area contributed by atoms with Crippen LogP contribution in [0, 0.1) is 0 Å². The summed E-state index contributed by atoms with van der Waals surface area (Å²) in [6.45, 7) is 7.80. The summed E-state index contributed by atoms with van der Waals surface area (Å²) in [6.07, 6.45) is 5.61. The van der Waals surface area contributed by atoms with Crippen LogP contribution in [0.15, 0.2) is 12.4 Å². The van der Waals surface area contributed by atoms with Gasteiger partial charge >= 0.3 is 0 Å². The Bertz CT molecular complexity index is 302. The van der Waals surface area contributed by atoms with Crippen molar-refractivity contribution >= 4 is 0 Å². The van der Waals surface area contributed by atoms with Gasteiger partial charge in [-0.2, -0.15) is 0 Å². The molecule has 0 aromatic carbocycles. The van der Waals surface area contributed by atoms with Crippen LogP contribution < -0.4 is 10.1 Å². The highest BCUT2D eigenvalue weighted by molar-refractivity contribution is 5.08. The van der Waals surface area contributed by atoms with Crippen LogP contribution in [0.5, 0.6) is 5.88 Å². The van der Waals surface area contributed by atoms with Crippen LogP contribution in [0.3, 0.4) is 0 Å². The van der Waals surface area contributed by atoms with E-state index < -0.39 is 0 Å². The van der Waals surface area contributed by atoms with Gasteiger partial charge in [0.15, 0.2) is 0 Å². The number of unbranched alkanes of at least 4 members (excludes halogenated alkanes) is 1. The van der Waals surface area contributed by atoms with Crippen LogP contribution in [-0.2, 0) is 6.54 Å². The van der Waals surface area contributed by atoms with E-state index in [0.717, 1.165) is 25.1 Å². The van der Waals surface area contributed by atoms with E-state index in [1.165, 1.54) is 0 Å². The third kappa shape index (κ3) is 5.07. The Balaban J connectivity index is 2.43. The first-order valence-electron chi connectivity index (χ1n) is 5.89. The molecule has 0 unspecified atom stereocenters. The lowest BCUT2D eigenvalue weighted by molar-refractivity contribution is 0.295. The topological polar surface area (TPSA) is 47.0 Å². The number of ether oxygens (including phenoxy) is 1. The van der Waals surface area contributed by atoms with Crippen molar-refractivity contribution in [2.45, 2.75) is 46.2 Å². The van der Waals surface area contributed by atoms with E-state index in [1.54, 1.807) is 12.4 Å². The highest BCUT2D eigenvalue weighted by Crippen LogP contribution is 2.06. The Morgan fingerprint density at radius 2 is 2.19 bits per heavy atom. The van der Waals surface area contributed by atoms with Gasteiger partial charge in [-0.15, -0.1) is 0 Å². The van der Waals surface area contributed by atoms with Gasteiger partial charge in [0.25, 0.3) is 0 Å². The Hall–Kier alpha value is -1.16. The zero-order valence-corrected chi connectivity index (χ0v) is 10.4. The number of aromatic nitrogens is 2. The molecule has 0 saturated carbocycles. The number of hydrogen-bond donors (Lipinski definition) is 1. The smallest absolute Gasteiger partial charge is 0.232 e. The maximum atomic E-state index is 5.49. The van der Waals surface area contributed by atoms with Crippen molar-refractivity contribution < 1.29 is 4.74 Å². The minimum absolute atomic E-state index is 0.450. The first-order valence-corrected chi connectivity index (χ1v) is 5.89. The number of rotatable bonds is 7. The largest absolute Gasteiger partial charge is 0.477 e. The summed E-state index contributed by atoms with van der Waals surface area (Å²) in [6, 6.07) is 0.450. The molecule has 1 heterocycles. The number of nitrogens with one attached hydrogen (secondary N) is 1. The molecule has 4 nitrogen and oxygen atoms in total. The van der Waals surface area contributed by atoms with Gasteiger partial charge in [-0.1, -0.05) is 27.2 Å². The van der Waals surface area contributed by atoms with E-state index in [4.69, 9.17) is 4.74 Å². The molecule has 1 aromatic heterocycles. The molecule has 0 saturated heterocycles. The van der Waals surface area contributed by atoms with Crippen molar-refractivity contribution in [1.82, 2.24) is 15.3 Å². The maximum Gasteiger partial charge on any atom is 0.232 e. The molecule has 16 heavy (non-hydrogen) atoms. The second-order valence-corrected chi connectivity index (χ2v) is 4.09. The van der Waals surface area contributed by atoms with Gasteiger partial charge in [-0.3, -0.25) is 4.98 Å². The molecule has 0 spiro atoms. The van der Waals surface area contributed by atoms with Crippen LogP contribution in [0.2, 0.25) is 0 Å². The van der Waals surface area contributed by atoms with Crippen molar-refractivity contribution in [3.8, 4) is 5.88 Å². The Labute approximate surface area is 97.5 Å². The zero-order valence-electron chi connectivity index (χ0n) is 10.4. The first kappa shape index (κ1) is 12.9. The van der Waals surface area contributed by atoms with Crippen LogP contribution in [0.25, 0.3) is 0 Å². The fraction of sp³-hybridized carbons (Fsp3) is 0.667. The standard InChI is InChI=1S/C12H21N3O/c1-4-5-6-16-12-9-13-7-11(15-12)8-14-10(2)3/h7,9-10,14H,4-6,8H2,1-3H3. The van der Waals surface area contributed by atoms with Gasteiger partial charge in [0.2, 0.25) is 5.88 Å². The first-order chi connectivity index (χ1) is 7.72. The number of nitrogens with zero attached hydrogens (tertiary/aromatic N) is 2. The summed E-state index contributed by atoms with van der Waals surface area (Å²) in [5, 5.41) is 3.30. The molecule has 0 bridgehead atoms. The van der Waals surface area contributed by atoms with E-state index in [-0.39, 0.29) is 0 Å². The SMILES string of the molecule is CCCCOc1cncc(CNC(C)C)n1. The lowest BCUT2D eigenvalue weighted by atomic mass is 10.3. The van der Waals surface area contributed by atoms with Crippen molar-refractivity contribution in [2.24, 2.45) is 0 Å². The van der Waals surface area contributed by atoms with E-state index in [2.05, 4.69) is 36.1 Å². The van der Waals surface area contributed by atoms with E-state index >= 15 is 0 Å². The summed E-state index contributed by atoms with van der Waals surface area (Å²) in [4.78, 5) is 8.48. The fourth-order valence-electron chi connectivity index (χ4n) is 1.17.